The minimum atomic E-state index is -0.274. The van der Waals surface area contributed by atoms with Crippen LogP contribution in [-0.4, -0.2) is 51.6 Å². The number of nitrogens with zero attached hydrogens (tertiary/aromatic N) is 4. The lowest BCUT2D eigenvalue weighted by atomic mass is 10.1. The zero-order chi connectivity index (χ0) is 27.7. The van der Waals surface area contributed by atoms with Gasteiger partial charge in [0.05, 0.1) is 18.4 Å². The van der Waals surface area contributed by atoms with Crippen molar-refractivity contribution < 1.29 is 9.53 Å². The zero-order valence-electron chi connectivity index (χ0n) is 23.2. The van der Waals surface area contributed by atoms with E-state index in [-0.39, 0.29) is 12.0 Å². The number of carbonyl (C=O) groups is 1. The summed E-state index contributed by atoms with van der Waals surface area (Å²) in [5.41, 5.74) is 3.71. The van der Waals surface area contributed by atoms with Gasteiger partial charge in [-0.15, -0.1) is 0 Å². The number of unbranched alkanes of at least 4 members (excludes halogenated alkanes) is 1. The predicted molar refractivity (Wildman–Crippen MR) is 161 cm³/mol. The fraction of sp³-hybridized carbons (Fsp3) is 0.433. The molecule has 1 fully saturated rings. The Bertz CT molecular complexity index is 1410. The van der Waals surface area contributed by atoms with Crippen LogP contribution in [0.5, 0.6) is 0 Å². The van der Waals surface area contributed by atoms with Gasteiger partial charge in [-0.1, -0.05) is 43.7 Å². The number of anilines is 2. The lowest BCUT2D eigenvalue weighted by Gasteiger charge is -2.22. The van der Waals surface area contributed by atoms with E-state index in [2.05, 4.69) is 44.7 Å². The topological polar surface area (TPSA) is 114 Å². The van der Waals surface area contributed by atoms with Gasteiger partial charge in [0.1, 0.15) is 32.7 Å². The summed E-state index contributed by atoms with van der Waals surface area (Å²) < 4.78 is 6.11. The van der Waals surface area contributed by atoms with Gasteiger partial charge in [-0.25, -0.2) is 19.9 Å². The van der Waals surface area contributed by atoms with Crippen molar-refractivity contribution in [1.29, 1.82) is 0 Å². The van der Waals surface area contributed by atoms with Crippen LogP contribution in [0.4, 0.5) is 11.5 Å². The van der Waals surface area contributed by atoms with E-state index < -0.39 is 0 Å². The fourth-order valence-corrected chi connectivity index (χ4v) is 5.53. The summed E-state index contributed by atoms with van der Waals surface area (Å²) in [4.78, 5) is 32.9. The van der Waals surface area contributed by atoms with Gasteiger partial charge >= 0.3 is 0 Å². The highest BCUT2D eigenvalue weighted by Gasteiger charge is 2.18. The molecule has 0 spiro atoms. The molecule has 40 heavy (non-hydrogen) atoms. The maximum absolute atomic E-state index is 13.4. The SMILES string of the molecule is CCCCc1nc(NCCC)cc(C(=O)Nc2ccccc2-c2nc3cc(COC4CCNCC4)cnc3s2)n1. The number of hydrogen-bond acceptors (Lipinski definition) is 9. The molecule has 1 aromatic carbocycles. The van der Waals surface area contributed by atoms with Crippen molar-refractivity contribution in [2.24, 2.45) is 0 Å². The maximum atomic E-state index is 13.4. The van der Waals surface area contributed by atoms with Gasteiger partial charge in [0.2, 0.25) is 0 Å². The third kappa shape index (κ3) is 7.18. The Balaban J connectivity index is 1.34. The van der Waals surface area contributed by atoms with Gasteiger partial charge in [-0.3, -0.25) is 4.79 Å². The predicted octanol–water partition coefficient (Wildman–Crippen LogP) is 5.83. The smallest absolute Gasteiger partial charge is 0.274 e. The van der Waals surface area contributed by atoms with Crippen LogP contribution in [0, 0.1) is 0 Å². The highest BCUT2D eigenvalue weighted by molar-refractivity contribution is 7.21. The molecule has 0 bridgehead atoms. The van der Waals surface area contributed by atoms with Gasteiger partial charge in [0.25, 0.3) is 5.91 Å². The number of rotatable bonds is 12. The number of aromatic nitrogens is 4. The molecule has 9 nitrogen and oxygen atoms in total. The lowest BCUT2D eigenvalue weighted by molar-refractivity contribution is 0.0211. The van der Waals surface area contributed by atoms with Crippen molar-refractivity contribution >= 4 is 39.1 Å². The molecule has 0 unspecified atom stereocenters. The molecule has 1 aliphatic rings. The second kappa shape index (κ2) is 13.7. The fourth-order valence-electron chi connectivity index (χ4n) is 4.60. The maximum Gasteiger partial charge on any atom is 0.274 e. The molecule has 0 atom stereocenters. The molecule has 0 saturated carbocycles. The number of pyridine rings is 1. The van der Waals surface area contributed by atoms with E-state index in [0.717, 1.165) is 84.6 Å². The summed E-state index contributed by atoms with van der Waals surface area (Å²) >= 11 is 1.51. The molecule has 3 aromatic heterocycles. The van der Waals surface area contributed by atoms with Gasteiger partial charge < -0.3 is 20.7 Å². The summed E-state index contributed by atoms with van der Waals surface area (Å²) in [5.74, 6) is 1.08. The van der Waals surface area contributed by atoms with E-state index in [4.69, 9.17) is 9.72 Å². The average Bonchev–Trinajstić information content (AvgIpc) is 3.42. The number of piperidine rings is 1. The van der Waals surface area contributed by atoms with Crippen LogP contribution in [0.15, 0.2) is 42.6 Å². The third-order valence-corrected chi connectivity index (χ3v) is 7.81. The highest BCUT2D eigenvalue weighted by atomic mass is 32.1. The first-order chi connectivity index (χ1) is 19.6. The standard InChI is InChI=1S/C30H37N7O2S/c1-3-5-10-26-34-24(17-27(37-26)32-13-4-2)28(38)35-23-9-7-6-8-22(23)29-36-25-16-20(18-33-30(25)40-29)19-39-21-11-14-31-15-12-21/h6-9,16-18,21,31H,3-5,10-15,19H2,1-2H3,(H,35,38)(H,32,34,37). The number of fused-ring (bicyclic) bond motifs is 1. The van der Waals surface area contributed by atoms with Crippen LogP contribution in [0.2, 0.25) is 0 Å². The molecule has 3 N–H and O–H groups in total. The van der Waals surface area contributed by atoms with Crippen molar-refractivity contribution in [1.82, 2.24) is 25.3 Å². The molecule has 1 aliphatic heterocycles. The number of aryl methyl sites for hydroxylation is 1. The number of amides is 1. The van der Waals surface area contributed by atoms with Crippen molar-refractivity contribution in [3.63, 3.8) is 0 Å². The van der Waals surface area contributed by atoms with E-state index in [0.29, 0.717) is 29.6 Å². The van der Waals surface area contributed by atoms with Gasteiger partial charge in [0.15, 0.2) is 0 Å². The number of nitrogens with one attached hydrogen (secondary N) is 3. The molecule has 210 valence electrons. The number of para-hydroxylation sites is 1. The Morgan fingerprint density at radius 1 is 1.10 bits per heavy atom. The van der Waals surface area contributed by atoms with Crippen LogP contribution in [0.3, 0.4) is 0 Å². The number of carbonyl (C=O) groups excluding carboxylic acids is 1. The Hall–Kier alpha value is -3.47. The zero-order valence-corrected chi connectivity index (χ0v) is 24.0. The summed E-state index contributed by atoms with van der Waals surface area (Å²) in [6.45, 7) is 7.54. The summed E-state index contributed by atoms with van der Waals surface area (Å²) in [6, 6.07) is 11.5. The second-order valence-electron chi connectivity index (χ2n) is 10.0. The van der Waals surface area contributed by atoms with E-state index >= 15 is 0 Å². The van der Waals surface area contributed by atoms with Crippen molar-refractivity contribution in [3.8, 4) is 10.6 Å². The van der Waals surface area contributed by atoms with Crippen molar-refractivity contribution in [2.75, 3.05) is 30.3 Å². The Kier molecular flexibility index (Phi) is 9.64. The largest absolute Gasteiger partial charge is 0.373 e. The third-order valence-electron chi connectivity index (χ3n) is 6.80. The highest BCUT2D eigenvalue weighted by Crippen LogP contribution is 2.34. The first kappa shape index (κ1) is 28.1. The van der Waals surface area contributed by atoms with Gasteiger partial charge in [0, 0.05) is 30.8 Å². The number of benzene rings is 1. The van der Waals surface area contributed by atoms with E-state index in [9.17, 15) is 4.79 Å². The molecule has 0 radical (unpaired) electrons. The van der Waals surface area contributed by atoms with Crippen molar-refractivity contribution in [2.45, 2.75) is 65.1 Å². The normalized spacial score (nSPS) is 13.9. The van der Waals surface area contributed by atoms with Crippen LogP contribution in [0.25, 0.3) is 20.9 Å². The van der Waals surface area contributed by atoms with E-state index in [1.54, 1.807) is 6.07 Å². The second-order valence-corrected chi connectivity index (χ2v) is 11.0. The van der Waals surface area contributed by atoms with Crippen LogP contribution in [-0.2, 0) is 17.8 Å². The minimum Gasteiger partial charge on any atom is -0.373 e. The number of ether oxygens (including phenoxy) is 1. The quantitative estimate of drug-likeness (QED) is 0.199. The number of hydrogen-bond donors (Lipinski definition) is 3. The van der Waals surface area contributed by atoms with Gasteiger partial charge in [-0.2, -0.15) is 0 Å². The minimum absolute atomic E-state index is 0.274. The average molecular weight is 560 g/mol. The molecule has 5 rings (SSSR count). The molecule has 4 aromatic rings. The van der Waals surface area contributed by atoms with Gasteiger partial charge in [-0.05, 0) is 62.5 Å². The summed E-state index contributed by atoms with van der Waals surface area (Å²) in [5, 5.41) is 10.5. The van der Waals surface area contributed by atoms with Crippen LogP contribution in [0.1, 0.15) is 67.8 Å². The van der Waals surface area contributed by atoms with E-state index in [1.165, 1.54) is 11.3 Å². The molecule has 1 saturated heterocycles. The molecular formula is C30H37N7O2S. The van der Waals surface area contributed by atoms with Crippen LogP contribution < -0.4 is 16.0 Å². The Morgan fingerprint density at radius 3 is 2.77 bits per heavy atom. The molecule has 4 heterocycles. The Morgan fingerprint density at radius 2 is 1.95 bits per heavy atom. The Labute approximate surface area is 239 Å². The summed E-state index contributed by atoms with van der Waals surface area (Å²) in [6.07, 6.45) is 7.93. The van der Waals surface area contributed by atoms with Crippen molar-refractivity contribution in [3.05, 3.63) is 59.7 Å². The first-order valence-corrected chi connectivity index (χ1v) is 15.0. The number of thiazole rings is 1. The molecule has 1 amide bonds. The monoisotopic (exact) mass is 559 g/mol. The summed E-state index contributed by atoms with van der Waals surface area (Å²) in [7, 11) is 0. The molecule has 10 heteroatoms. The molecule has 0 aliphatic carbocycles. The first-order valence-electron chi connectivity index (χ1n) is 14.2. The van der Waals surface area contributed by atoms with E-state index in [1.807, 2.05) is 36.5 Å². The molecular weight excluding hydrogens is 522 g/mol. The lowest BCUT2D eigenvalue weighted by Crippen LogP contribution is -2.32. The van der Waals surface area contributed by atoms with Crippen LogP contribution >= 0.6 is 11.3 Å².